The number of hydrogen-bond donors (Lipinski definition) is 4. The Morgan fingerprint density at radius 1 is 1.57 bits per heavy atom. The van der Waals surface area contributed by atoms with Crippen LogP contribution < -0.4 is 16.4 Å². The molecule has 21 heavy (non-hydrogen) atoms. The minimum atomic E-state index is -0.538. The molecule has 5 N–H and O–H groups in total. The summed E-state index contributed by atoms with van der Waals surface area (Å²) in [4.78, 5) is 11.6. The summed E-state index contributed by atoms with van der Waals surface area (Å²) in [6.07, 6.45) is 0.774. The van der Waals surface area contributed by atoms with Gasteiger partial charge in [0.15, 0.2) is 5.84 Å². The van der Waals surface area contributed by atoms with Crippen molar-refractivity contribution < 1.29 is 19.1 Å². The first kappa shape index (κ1) is 15.0. The first-order valence-corrected chi connectivity index (χ1v) is 6.48. The van der Waals surface area contributed by atoms with Gasteiger partial charge in [-0.15, -0.1) is 0 Å². The molecule has 1 heterocycles. The molecule has 0 radical (unpaired) electrons. The maximum Gasteiger partial charge on any atom is 0.315 e. The van der Waals surface area contributed by atoms with Crippen molar-refractivity contribution in [3.05, 3.63) is 35.1 Å². The molecule has 1 aromatic rings. The molecule has 1 aliphatic heterocycles. The Morgan fingerprint density at radius 2 is 2.38 bits per heavy atom. The number of carbonyl (C=O) groups excluding carboxylic acids is 1. The van der Waals surface area contributed by atoms with Crippen molar-refractivity contribution in [1.82, 2.24) is 10.6 Å². The number of oxime groups is 1. The van der Waals surface area contributed by atoms with Crippen molar-refractivity contribution in [2.45, 2.75) is 19.0 Å². The molecular weight excluding hydrogens is 279 g/mol. The van der Waals surface area contributed by atoms with E-state index in [2.05, 4.69) is 15.8 Å². The van der Waals surface area contributed by atoms with E-state index in [0.717, 1.165) is 12.5 Å². The van der Waals surface area contributed by atoms with Crippen LogP contribution in [0.15, 0.2) is 23.4 Å². The van der Waals surface area contributed by atoms with E-state index < -0.39 is 5.82 Å². The number of ether oxygens (including phenoxy) is 1. The zero-order valence-electron chi connectivity index (χ0n) is 11.3. The maximum atomic E-state index is 13.8. The van der Waals surface area contributed by atoms with E-state index in [1.807, 2.05) is 0 Å². The van der Waals surface area contributed by atoms with Crippen LogP contribution in [-0.2, 0) is 11.3 Å². The van der Waals surface area contributed by atoms with Gasteiger partial charge in [-0.05, 0) is 12.5 Å². The number of benzene rings is 1. The van der Waals surface area contributed by atoms with Gasteiger partial charge in [0.05, 0.1) is 12.6 Å². The van der Waals surface area contributed by atoms with Gasteiger partial charge in [-0.2, -0.15) is 0 Å². The molecule has 2 rings (SSSR count). The average Bonchev–Trinajstić information content (AvgIpc) is 2.98. The molecule has 1 atom stereocenters. The van der Waals surface area contributed by atoms with Gasteiger partial charge in [0, 0.05) is 24.3 Å². The first-order valence-electron chi connectivity index (χ1n) is 6.48. The Kier molecular flexibility index (Phi) is 4.94. The molecule has 1 aliphatic rings. The van der Waals surface area contributed by atoms with Crippen molar-refractivity contribution in [3.63, 3.8) is 0 Å². The van der Waals surface area contributed by atoms with Gasteiger partial charge in [0.2, 0.25) is 0 Å². The summed E-state index contributed by atoms with van der Waals surface area (Å²) in [7, 11) is 0. The van der Waals surface area contributed by atoms with E-state index >= 15 is 0 Å². The maximum absolute atomic E-state index is 13.8. The molecule has 0 aromatic heterocycles. The van der Waals surface area contributed by atoms with Gasteiger partial charge >= 0.3 is 6.03 Å². The van der Waals surface area contributed by atoms with Crippen LogP contribution in [0.4, 0.5) is 9.18 Å². The van der Waals surface area contributed by atoms with E-state index in [4.69, 9.17) is 15.7 Å². The number of nitrogens with one attached hydrogen (secondary N) is 2. The number of hydrogen-bond acceptors (Lipinski definition) is 4. The highest BCUT2D eigenvalue weighted by Crippen LogP contribution is 2.10. The van der Waals surface area contributed by atoms with Crippen molar-refractivity contribution in [2.75, 3.05) is 13.2 Å². The Morgan fingerprint density at radius 3 is 3.00 bits per heavy atom. The highest BCUT2D eigenvalue weighted by molar-refractivity contribution is 5.97. The monoisotopic (exact) mass is 296 g/mol. The van der Waals surface area contributed by atoms with Crippen molar-refractivity contribution in [3.8, 4) is 0 Å². The van der Waals surface area contributed by atoms with Gasteiger partial charge < -0.3 is 26.3 Å². The van der Waals surface area contributed by atoms with Crippen LogP contribution in [0.2, 0.25) is 0 Å². The number of carbonyl (C=O) groups is 1. The lowest BCUT2D eigenvalue weighted by atomic mass is 10.1. The number of urea groups is 1. The van der Waals surface area contributed by atoms with Crippen molar-refractivity contribution in [2.24, 2.45) is 10.9 Å². The summed E-state index contributed by atoms with van der Waals surface area (Å²) >= 11 is 0. The Hall–Kier alpha value is -2.35. The molecule has 1 fully saturated rings. The molecule has 7 nitrogen and oxygen atoms in total. The van der Waals surface area contributed by atoms with Gasteiger partial charge in [0.1, 0.15) is 5.82 Å². The molecule has 0 bridgehead atoms. The van der Waals surface area contributed by atoms with Crippen molar-refractivity contribution >= 4 is 11.9 Å². The molecule has 1 unspecified atom stereocenters. The van der Waals surface area contributed by atoms with E-state index in [0.29, 0.717) is 18.8 Å². The average molecular weight is 296 g/mol. The summed E-state index contributed by atoms with van der Waals surface area (Å²) in [6, 6.07) is 3.76. The van der Waals surface area contributed by atoms with E-state index in [-0.39, 0.29) is 30.0 Å². The Balaban J connectivity index is 1.89. The topological polar surface area (TPSA) is 109 Å². The largest absolute Gasteiger partial charge is 0.409 e. The molecule has 2 amide bonds. The molecule has 0 spiro atoms. The third-order valence-corrected chi connectivity index (χ3v) is 3.16. The quantitative estimate of drug-likeness (QED) is 0.281. The van der Waals surface area contributed by atoms with Gasteiger partial charge in [0.25, 0.3) is 0 Å². The first-order chi connectivity index (χ1) is 10.1. The summed E-state index contributed by atoms with van der Waals surface area (Å²) in [5.41, 5.74) is 5.95. The lowest BCUT2D eigenvalue weighted by molar-refractivity contribution is 0.188. The number of nitrogens with two attached hydrogens (primary N) is 1. The second-order valence-electron chi connectivity index (χ2n) is 4.68. The van der Waals surface area contributed by atoms with Gasteiger partial charge in [-0.3, -0.25) is 0 Å². The second-order valence-corrected chi connectivity index (χ2v) is 4.68. The normalized spacial score (nSPS) is 18.5. The zero-order valence-corrected chi connectivity index (χ0v) is 11.3. The van der Waals surface area contributed by atoms with Gasteiger partial charge in [-0.25, -0.2) is 9.18 Å². The van der Waals surface area contributed by atoms with Crippen LogP contribution >= 0.6 is 0 Å². The summed E-state index contributed by atoms with van der Waals surface area (Å²) in [5.74, 6) is -0.712. The number of amidine groups is 1. The predicted octanol–water partition coefficient (Wildman–Crippen LogP) is 0.508. The highest BCUT2D eigenvalue weighted by atomic mass is 19.1. The minimum Gasteiger partial charge on any atom is -0.409 e. The molecule has 1 aromatic carbocycles. The molecule has 8 heteroatoms. The van der Waals surface area contributed by atoms with Crippen LogP contribution in [-0.4, -0.2) is 36.3 Å². The predicted molar refractivity (Wildman–Crippen MR) is 73.5 cm³/mol. The number of amides is 2. The molecule has 1 saturated heterocycles. The van der Waals surface area contributed by atoms with E-state index in [9.17, 15) is 9.18 Å². The number of nitrogens with zero attached hydrogens (tertiary/aromatic N) is 1. The second kappa shape index (κ2) is 6.89. The molecule has 0 saturated carbocycles. The number of rotatable bonds is 4. The summed E-state index contributed by atoms with van der Waals surface area (Å²) < 4.78 is 19.0. The van der Waals surface area contributed by atoms with Crippen molar-refractivity contribution in [1.29, 1.82) is 0 Å². The van der Waals surface area contributed by atoms with Crippen LogP contribution in [0.3, 0.4) is 0 Å². The summed E-state index contributed by atoms with van der Waals surface area (Å²) in [6.45, 7) is 1.17. The van der Waals surface area contributed by atoms with Crippen LogP contribution in [0.1, 0.15) is 17.5 Å². The Labute approximate surface area is 121 Å². The lowest BCUT2D eigenvalue weighted by Gasteiger charge is -2.12. The minimum absolute atomic E-state index is 0.00205. The third kappa shape index (κ3) is 4.06. The molecular formula is C13H17FN4O3. The van der Waals surface area contributed by atoms with Crippen LogP contribution in [0, 0.1) is 5.82 Å². The van der Waals surface area contributed by atoms with E-state index in [1.54, 1.807) is 0 Å². The Bertz CT molecular complexity index is 544. The fourth-order valence-corrected chi connectivity index (χ4v) is 1.97. The van der Waals surface area contributed by atoms with Crippen LogP contribution in [0.25, 0.3) is 0 Å². The molecule has 0 aliphatic carbocycles. The third-order valence-electron chi connectivity index (χ3n) is 3.16. The van der Waals surface area contributed by atoms with E-state index in [1.165, 1.54) is 12.1 Å². The van der Waals surface area contributed by atoms with Gasteiger partial charge in [-0.1, -0.05) is 17.3 Å². The smallest absolute Gasteiger partial charge is 0.315 e. The van der Waals surface area contributed by atoms with Crippen LogP contribution in [0.5, 0.6) is 0 Å². The zero-order chi connectivity index (χ0) is 15.2. The summed E-state index contributed by atoms with van der Waals surface area (Å²) in [5, 5.41) is 16.6. The highest BCUT2D eigenvalue weighted by Gasteiger charge is 2.17. The lowest BCUT2D eigenvalue weighted by Crippen LogP contribution is -2.42. The fourth-order valence-electron chi connectivity index (χ4n) is 1.97. The molecule has 114 valence electrons. The SMILES string of the molecule is N/C(=N/O)c1ccc(CNC(=O)NC2CCOC2)c(F)c1. The fraction of sp³-hybridized carbons (Fsp3) is 0.385. The number of halogens is 1. The standard InChI is InChI=1S/C13H17FN4O3/c14-11-5-8(12(15)18-20)1-2-9(11)6-16-13(19)17-10-3-4-21-7-10/h1-2,5,10,20H,3-4,6-7H2,(H2,15,18)(H2,16,17,19).